The monoisotopic (exact) mass is 263 g/mol. The highest BCUT2D eigenvalue weighted by atomic mass is 16.7. The lowest BCUT2D eigenvalue weighted by Gasteiger charge is -2.18. The van der Waals surface area contributed by atoms with Crippen LogP contribution in [0.15, 0.2) is 12.1 Å². The summed E-state index contributed by atoms with van der Waals surface area (Å²) in [7, 11) is 0. The fourth-order valence-corrected chi connectivity index (χ4v) is 2.89. The molecule has 0 spiro atoms. The predicted octanol–water partition coefficient (Wildman–Crippen LogP) is 2.60. The number of phenolic OH excluding ortho intramolecular Hbond substituents is 1. The average Bonchev–Trinajstić information content (AvgIpc) is 2.98. The first-order valence-electron chi connectivity index (χ1n) is 6.97. The summed E-state index contributed by atoms with van der Waals surface area (Å²) >= 11 is 0. The molecule has 1 aromatic rings. The molecule has 2 heterocycles. The number of aromatic hydroxyl groups is 1. The third kappa shape index (κ3) is 2.50. The maximum absolute atomic E-state index is 10.0. The highest BCUT2D eigenvalue weighted by molar-refractivity contribution is 5.51. The van der Waals surface area contributed by atoms with E-state index in [1.165, 1.54) is 6.42 Å². The van der Waals surface area contributed by atoms with E-state index in [9.17, 15) is 5.11 Å². The lowest BCUT2D eigenvalue weighted by atomic mass is 9.95. The fraction of sp³-hybridized carbons (Fsp3) is 0.600. The zero-order valence-corrected chi connectivity index (χ0v) is 11.6. The van der Waals surface area contributed by atoms with E-state index in [2.05, 4.69) is 18.7 Å². The van der Waals surface area contributed by atoms with Gasteiger partial charge in [0, 0.05) is 24.7 Å². The Morgan fingerprint density at radius 3 is 2.74 bits per heavy atom. The summed E-state index contributed by atoms with van der Waals surface area (Å²) in [5.74, 6) is 3.19. The maximum atomic E-state index is 10.0. The number of rotatable bonds is 3. The lowest BCUT2D eigenvalue weighted by Crippen LogP contribution is -2.21. The topological polar surface area (TPSA) is 41.9 Å². The highest BCUT2D eigenvalue weighted by Crippen LogP contribution is 2.38. The predicted molar refractivity (Wildman–Crippen MR) is 72.5 cm³/mol. The van der Waals surface area contributed by atoms with Gasteiger partial charge in [-0.2, -0.15) is 0 Å². The molecule has 2 aliphatic rings. The molecule has 104 valence electrons. The van der Waals surface area contributed by atoms with Gasteiger partial charge in [-0.3, -0.25) is 4.90 Å². The first kappa shape index (κ1) is 12.6. The number of phenols is 1. The van der Waals surface area contributed by atoms with E-state index in [1.54, 1.807) is 6.07 Å². The molecular weight excluding hydrogens is 242 g/mol. The van der Waals surface area contributed by atoms with Crippen LogP contribution in [0.4, 0.5) is 0 Å². The Labute approximate surface area is 113 Å². The molecule has 1 saturated heterocycles. The average molecular weight is 263 g/mol. The quantitative estimate of drug-likeness (QED) is 0.910. The summed E-state index contributed by atoms with van der Waals surface area (Å²) in [4.78, 5) is 2.40. The molecule has 1 atom stereocenters. The Morgan fingerprint density at radius 1 is 1.32 bits per heavy atom. The maximum Gasteiger partial charge on any atom is 0.231 e. The zero-order chi connectivity index (χ0) is 13.4. The number of nitrogens with zero attached hydrogens (tertiary/aromatic N) is 1. The van der Waals surface area contributed by atoms with Crippen molar-refractivity contribution >= 4 is 0 Å². The van der Waals surface area contributed by atoms with Gasteiger partial charge in [-0.05, 0) is 30.9 Å². The summed E-state index contributed by atoms with van der Waals surface area (Å²) in [5, 5.41) is 10.0. The van der Waals surface area contributed by atoms with Gasteiger partial charge in [0.1, 0.15) is 5.75 Å². The number of ether oxygens (including phenoxy) is 2. The normalized spacial score (nSPS) is 22.4. The van der Waals surface area contributed by atoms with Crippen molar-refractivity contribution in [3.63, 3.8) is 0 Å². The van der Waals surface area contributed by atoms with Crippen LogP contribution < -0.4 is 9.47 Å². The number of likely N-dealkylation sites (tertiary alicyclic amines) is 1. The van der Waals surface area contributed by atoms with Crippen LogP contribution in [0.3, 0.4) is 0 Å². The van der Waals surface area contributed by atoms with Gasteiger partial charge in [-0.1, -0.05) is 13.8 Å². The molecule has 2 aliphatic heterocycles. The second kappa shape index (κ2) is 4.93. The molecule has 4 nitrogen and oxygen atoms in total. The van der Waals surface area contributed by atoms with Crippen molar-refractivity contribution in [2.24, 2.45) is 11.8 Å². The standard InChI is InChI=1S/C15H21NO3/c1-10(2)11-3-4-16(7-11)8-12-5-14-15(6-13(12)17)19-9-18-14/h5-6,10-11,17H,3-4,7-9H2,1-2H3. The largest absolute Gasteiger partial charge is 0.507 e. The van der Waals surface area contributed by atoms with Gasteiger partial charge in [-0.15, -0.1) is 0 Å². The molecule has 19 heavy (non-hydrogen) atoms. The van der Waals surface area contributed by atoms with E-state index in [0.29, 0.717) is 11.5 Å². The molecule has 4 heteroatoms. The number of benzene rings is 1. The molecule has 1 aromatic carbocycles. The minimum atomic E-state index is 0.247. The third-order valence-corrected chi connectivity index (χ3v) is 4.22. The summed E-state index contributed by atoms with van der Waals surface area (Å²) in [6.07, 6.45) is 1.25. The second-order valence-corrected chi connectivity index (χ2v) is 5.86. The molecular formula is C15H21NO3. The Morgan fingerprint density at radius 2 is 2.05 bits per heavy atom. The van der Waals surface area contributed by atoms with Gasteiger partial charge >= 0.3 is 0 Å². The van der Waals surface area contributed by atoms with Crippen molar-refractivity contribution in [1.82, 2.24) is 4.90 Å². The van der Waals surface area contributed by atoms with Gasteiger partial charge in [0.15, 0.2) is 11.5 Å². The molecule has 1 fully saturated rings. The van der Waals surface area contributed by atoms with Gasteiger partial charge in [0.25, 0.3) is 0 Å². The number of hydrogen-bond donors (Lipinski definition) is 1. The van der Waals surface area contributed by atoms with Crippen LogP contribution in [-0.4, -0.2) is 29.9 Å². The lowest BCUT2D eigenvalue weighted by molar-refractivity contribution is 0.174. The highest BCUT2D eigenvalue weighted by Gasteiger charge is 2.26. The molecule has 0 saturated carbocycles. The van der Waals surface area contributed by atoms with Gasteiger partial charge in [-0.25, -0.2) is 0 Å². The number of hydrogen-bond acceptors (Lipinski definition) is 4. The van der Waals surface area contributed by atoms with Gasteiger partial charge < -0.3 is 14.6 Å². The molecule has 0 radical (unpaired) electrons. The minimum absolute atomic E-state index is 0.247. The minimum Gasteiger partial charge on any atom is -0.507 e. The molecule has 1 unspecified atom stereocenters. The van der Waals surface area contributed by atoms with E-state index >= 15 is 0 Å². The molecule has 0 aliphatic carbocycles. The molecule has 0 aromatic heterocycles. The van der Waals surface area contributed by atoms with Crippen LogP contribution >= 0.6 is 0 Å². The van der Waals surface area contributed by atoms with Crippen molar-refractivity contribution < 1.29 is 14.6 Å². The van der Waals surface area contributed by atoms with Crippen molar-refractivity contribution in [3.05, 3.63) is 17.7 Å². The molecule has 0 bridgehead atoms. The van der Waals surface area contributed by atoms with E-state index in [-0.39, 0.29) is 6.79 Å². The van der Waals surface area contributed by atoms with E-state index in [4.69, 9.17) is 9.47 Å². The van der Waals surface area contributed by atoms with E-state index < -0.39 is 0 Å². The van der Waals surface area contributed by atoms with Crippen molar-refractivity contribution in [2.45, 2.75) is 26.8 Å². The zero-order valence-electron chi connectivity index (χ0n) is 11.6. The SMILES string of the molecule is CC(C)C1CCN(Cc2cc3c(cc2O)OCO3)C1. The van der Waals surface area contributed by atoms with E-state index in [1.807, 2.05) is 6.07 Å². The Kier molecular flexibility index (Phi) is 3.27. The van der Waals surface area contributed by atoms with Crippen LogP contribution in [0.25, 0.3) is 0 Å². The summed E-state index contributed by atoms with van der Waals surface area (Å²) in [5.41, 5.74) is 0.925. The first-order valence-corrected chi connectivity index (χ1v) is 6.97. The Bertz CT molecular complexity index is 473. The van der Waals surface area contributed by atoms with E-state index in [0.717, 1.165) is 42.8 Å². The third-order valence-electron chi connectivity index (χ3n) is 4.22. The van der Waals surface area contributed by atoms with Crippen molar-refractivity contribution in [2.75, 3.05) is 19.9 Å². The van der Waals surface area contributed by atoms with Crippen LogP contribution in [0, 0.1) is 11.8 Å². The van der Waals surface area contributed by atoms with Crippen LogP contribution in [0.2, 0.25) is 0 Å². The van der Waals surface area contributed by atoms with Gasteiger partial charge in [0.2, 0.25) is 6.79 Å². The Balaban J connectivity index is 1.71. The van der Waals surface area contributed by atoms with Crippen molar-refractivity contribution in [1.29, 1.82) is 0 Å². The molecule has 0 amide bonds. The smallest absolute Gasteiger partial charge is 0.231 e. The Hall–Kier alpha value is -1.42. The molecule has 3 rings (SSSR count). The summed E-state index contributed by atoms with van der Waals surface area (Å²) in [6, 6.07) is 3.56. The summed E-state index contributed by atoms with van der Waals surface area (Å²) < 4.78 is 10.6. The first-order chi connectivity index (χ1) is 9.13. The van der Waals surface area contributed by atoms with Crippen LogP contribution in [-0.2, 0) is 6.54 Å². The molecule has 1 N–H and O–H groups in total. The second-order valence-electron chi connectivity index (χ2n) is 5.86. The fourth-order valence-electron chi connectivity index (χ4n) is 2.89. The van der Waals surface area contributed by atoms with Gasteiger partial charge in [0.05, 0.1) is 0 Å². The number of fused-ring (bicyclic) bond motifs is 1. The summed E-state index contributed by atoms with van der Waals surface area (Å²) in [6.45, 7) is 7.82. The van der Waals surface area contributed by atoms with Crippen LogP contribution in [0.5, 0.6) is 17.2 Å². The van der Waals surface area contributed by atoms with Crippen LogP contribution in [0.1, 0.15) is 25.8 Å². The van der Waals surface area contributed by atoms with Crippen molar-refractivity contribution in [3.8, 4) is 17.2 Å².